The fraction of sp³-hybridized carbons (Fsp3) is 0.567. The predicted octanol–water partition coefficient (Wildman–Crippen LogP) is 5.84. The number of likely N-dealkylation sites (tertiary alicyclic amines) is 1. The highest BCUT2D eigenvalue weighted by Crippen LogP contribution is 2.29. The van der Waals surface area contributed by atoms with Gasteiger partial charge in [-0.3, -0.25) is 14.5 Å². The van der Waals surface area contributed by atoms with E-state index in [0.29, 0.717) is 29.5 Å². The van der Waals surface area contributed by atoms with Crippen LogP contribution in [0.15, 0.2) is 36.8 Å². The normalized spacial score (nSPS) is 18.2. The first-order valence-electron chi connectivity index (χ1n) is 14.5. The summed E-state index contributed by atoms with van der Waals surface area (Å²) < 4.78 is 17.2. The van der Waals surface area contributed by atoms with Gasteiger partial charge in [-0.1, -0.05) is 6.42 Å². The minimum Gasteiger partial charge on any atom is -0.369 e. The van der Waals surface area contributed by atoms with Crippen molar-refractivity contribution in [2.45, 2.75) is 78.0 Å². The maximum Gasteiger partial charge on any atom is 0.227 e. The molecule has 0 spiro atoms. The number of nitrogens with one attached hydrogen (secondary N) is 1. The van der Waals surface area contributed by atoms with E-state index in [1.54, 1.807) is 12.3 Å². The van der Waals surface area contributed by atoms with E-state index in [4.69, 9.17) is 4.98 Å². The van der Waals surface area contributed by atoms with Gasteiger partial charge in [0.2, 0.25) is 5.95 Å². The maximum atomic E-state index is 15.3. The van der Waals surface area contributed by atoms with Crippen LogP contribution in [0.3, 0.4) is 0 Å². The molecule has 39 heavy (non-hydrogen) atoms. The molecular weight excluding hydrogens is 491 g/mol. The Hall–Kier alpha value is -3.04. The van der Waals surface area contributed by atoms with Gasteiger partial charge >= 0.3 is 0 Å². The lowest BCUT2D eigenvalue weighted by atomic mass is 10.0. The molecule has 3 aromatic rings. The van der Waals surface area contributed by atoms with E-state index in [1.807, 2.05) is 36.1 Å². The van der Waals surface area contributed by atoms with Crippen molar-refractivity contribution in [3.05, 3.63) is 48.2 Å². The third-order valence-electron chi connectivity index (χ3n) is 8.47. The lowest BCUT2D eigenvalue weighted by Crippen LogP contribution is -2.53. The number of hydrogen-bond donors (Lipinski definition) is 1. The summed E-state index contributed by atoms with van der Waals surface area (Å²) in [6.07, 6.45) is 12.1. The van der Waals surface area contributed by atoms with Crippen molar-refractivity contribution in [3.8, 4) is 11.3 Å². The van der Waals surface area contributed by atoms with Crippen molar-refractivity contribution in [2.75, 3.05) is 43.4 Å². The number of aryl methyl sites for hydroxylation is 1. The average molecular weight is 535 g/mol. The van der Waals surface area contributed by atoms with Crippen LogP contribution in [0.1, 0.15) is 64.5 Å². The molecule has 1 atom stereocenters. The highest BCUT2D eigenvalue weighted by Gasteiger charge is 2.29. The maximum absolute atomic E-state index is 15.3. The molecule has 2 aliphatic heterocycles. The molecule has 0 saturated carbocycles. The summed E-state index contributed by atoms with van der Waals surface area (Å²) in [5.41, 5.74) is 4.02. The highest BCUT2D eigenvalue weighted by molar-refractivity contribution is 5.65. The SMILES string of the molecule is Cc1cnc(Nc2ccc(N3CCC(N(C)C(C)N4CCCCC4)CC3)c(F)c2)nc1-c1cnn(C(C)C)c1. The second-order valence-electron chi connectivity index (χ2n) is 11.4. The topological polar surface area (TPSA) is 65.4 Å². The summed E-state index contributed by atoms with van der Waals surface area (Å²) in [4.78, 5) is 16.5. The molecule has 0 amide bonds. The van der Waals surface area contributed by atoms with Crippen molar-refractivity contribution in [3.63, 3.8) is 0 Å². The van der Waals surface area contributed by atoms with E-state index in [9.17, 15) is 0 Å². The first kappa shape index (κ1) is 27.5. The van der Waals surface area contributed by atoms with Gasteiger partial charge in [-0.2, -0.15) is 5.10 Å². The van der Waals surface area contributed by atoms with Crippen LogP contribution in [0.2, 0.25) is 0 Å². The number of hydrogen-bond acceptors (Lipinski definition) is 7. The Morgan fingerprint density at radius 1 is 1.03 bits per heavy atom. The fourth-order valence-corrected chi connectivity index (χ4v) is 5.88. The molecule has 8 nitrogen and oxygen atoms in total. The second kappa shape index (κ2) is 12.0. The molecule has 9 heteroatoms. The standard InChI is InChI=1S/C30H43FN8/c1-21(2)39-20-24(19-33-39)29-22(3)18-32-30(35-29)34-25-9-10-28(27(31)17-25)38-15-11-26(12-16-38)36(5)23(4)37-13-7-6-8-14-37/h9-10,17-21,23,26H,6-8,11-16H2,1-5H3,(H,32,34,35). The number of benzene rings is 1. The Morgan fingerprint density at radius 3 is 2.44 bits per heavy atom. The minimum absolute atomic E-state index is 0.223. The average Bonchev–Trinajstić information content (AvgIpc) is 3.45. The van der Waals surface area contributed by atoms with Crippen LogP contribution in [-0.4, -0.2) is 75.0 Å². The van der Waals surface area contributed by atoms with E-state index in [2.05, 4.69) is 57.9 Å². The van der Waals surface area contributed by atoms with E-state index in [1.165, 1.54) is 32.4 Å². The Balaban J connectivity index is 1.21. The van der Waals surface area contributed by atoms with Crippen molar-refractivity contribution in [2.24, 2.45) is 0 Å². The Morgan fingerprint density at radius 2 is 1.77 bits per heavy atom. The van der Waals surface area contributed by atoms with Gasteiger partial charge in [-0.25, -0.2) is 14.4 Å². The second-order valence-corrected chi connectivity index (χ2v) is 11.4. The van der Waals surface area contributed by atoms with Gasteiger partial charge in [0.15, 0.2) is 0 Å². The fourth-order valence-electron chi connectivity index (χ4n) is 5.88. The van der Waals surface area contributed by atoms with Crippen LogP contribution in [0, 0.1) is 12.7 Å². The van der Waals surface area contributed by atoms with Crippen LogP contribution in [0.4, 0.5) is 21.7 Å². The van der Waals surface area contributed by atoms with Gasteiger partial charge in [0.1, 0.15) is 5.82 Å². The number of aromatic nitrogens is 4. The first-order chi connectivity index (χ1) is 18.8. The molecule has 0 aliphatic carbocycles. The molecule has 1 aromatic carbocycles. The molecule has 1 unspecified atom stereocenters. The molecule has 210 valence electrons. The van der Waals surface area contributed by atoms with Gasteiger partial charge < -0.3 is 10.2 Å². The molecule has 2 fully saturated rings. The lowest BCUT2D eigenvalue weighted by molar-refractivity contribution is 0.0243. The quantitative estimate of drug-likeness (QED) is 0.389. The van der Waals surface area contributed by atoms with Crippen LogP contribution in [-0.2, 0) is 0 Å². The zero-order valence-electron chi connectivity index (χ0n) is 24.1. The largest absolute Gasteiger partial charge is 0.369 e. The first-order valence-corrected chi connectivity index (χ1v) is 14.5. The molecule has 2 aliphatic rings. The third-order valence-corrected chi connectivity index (χ3v) is 8.47. The van der Waals surface area contributed by atoms with Gasteiger partial charge in [0.25, 0.3) is 0 Å². The summed E-state index contributed by atoms with van der Waals surface area (Å²) in [5.74, 6) is 0.214. The summed E-state index contributed by atoms with van der Waals surface area (Å²) in [7, 11) is 2.26. The van der Waals surface area contributed by atoms with Crippen LogP contribution >= 0.6 is 0 Å². The van der Waals surface area contributed by atoms with E-state index in [0.717, 1.165) is 42.8 Å². The van der Waals surface area contributed by atoms with Crippen molar-refractivity contribution >= 4 is 17.3 Å². The number of rotatable bonds is 8. The molecule has 0 bridgehead atoms. The molecular formula is C30H43FN8. The monoisotopic (exact) mass is 534 g/mol. The van der Waals surface area contributed by atoms with Crippen molar-refractivity contribution in [1.29, 1.82) is 0 Å². The molecule has 2 saturated heterocycles. The minimum atomic E-state index is -0.223. The molecule has 2 aromatic heterocycles. The van der Waals surface area contributed by atoms with E-state index in [-0.39, 0.29) is 11.9 Å². The summed E-state index contributed by atoms with van der Waals surface area (Å²) in [6.45, 7) is 12.6. The van der Waals surface area contributed by atoms with Crippen LogP contribution < -0.4 is 10.2 Å². The Labute approximate surface area is 232 Å². The highest BCUT2D eigenvalue weighted by atomic mass is 19.1. The van der Waals surface area contributed by atoms with Crippen LogP contribution in [0.25, 0.3) is 11.3 Å². The smallest absolute Gasteiger partial charge is 0.227 e. The third kappa shape index (κ3) is 6.25. The van der Waals surface area contributed by atoms with E-state index < -0.39 is 0 Å². The van der Waals surface area contributed by atoms with Crippen molar-refractivity contribution < 1.29 is 4.39 Å². The lowest BCUT2D eigenvalue weighted by Gasteiger charge is -2.44. The van der Waals surface area contributed by atoms with E-state index >= 15 is 4.39 Å². The number of nitrogens with zero attached hydrogens (tertiary/aromatic N) is 7. The molecule has 0 radical (unpaired) electrons. The van der Waals surface area contributed by atoms with Gasteiger partial charge in [-0.05, 0) is 97.3 Å². The van der Waals surface area contributed by atoms with Crippen molar-refractivity contribution in [1.82, 2.24) is 29.5 Å². The summed E-state index contributed by atoms with van der Waals surface area (Å²) >= 11 is 0. The molecule has 1 N–H and O–H groups in total. The molecule has 4 heterocycles. The van der Waals surface area contributed by atoms with Gasteiger partial charge in [-0.15, -0.1) is 0 Å². The zero-order valence-corrected chi connectivity index (χ0v) is 24.1. The Bertz CT molecular complexity index is 1240. The van der Waals surface area contributed by atoms with Gasteiger partial charge in [0, 0.05) is 48.8 Å². The summed E-state index contributed by atoms with van der Waals surface area (Å²) in [5, 5.41) is 7.62. The zero-order chi connectivity index (χ0) is 27.5. The molecule has 5 rings (SSSR count). The number of halogens is 1. The Kier molecular flexibility index (Phi) is 8.47. The number of piperidine rings is 2. The number of anilines is 3. The van der Waals surface area contributed by atoms with Gasteiger partial charge in [0.05, 0.1) is 23.7 Å². The predicted molar refractivity (Wildman–Crippen MR) is 156 cm³/mol. The van der Waals surface area contributed by atoms with Crippen LogP contribution in [0.5, 0.6) is 0 Å². The summed E-state index contributed by atoms with van der Waals surface area (Å²) in [6, 6.07) is 6.14.